The summed E-state index contributed by atoms with van der Waals surface area (Å²) in [5, 5.41) is 2.77. The molecule has 2 rings (SSSR count). The number of hydrogen-bond acceptors (Lipinski definition) is 3. The van der Waals surface area contributed by atoms with Crippen LogP contribution >= 0.6 is 0 Å². The Balaban J connectivity index is 2.00. The molecule has 2 aromatic carbocycles. The van der Waals surface area contributed by atoms with Gasteiger partial charge in [0.2, 0.25) is 5.91 Å². The monoisotopic (exact) mass is 312 g/mol. The number of ether oxygens (including phenoxy) is 1. The Hall–Kier alpha value is -2.82. The van der Waals surface area contributed by atoms with E-state index in [1.807, 2.05) is 13.0 Å². The van der Waals surface area contributed by atoms with E-state index in [0.717, 1.165) is 0 Å². The van der Waals surface area contributed by atoms with Crippen LogP contribution in [0.1, 0.15) is 17.3 Å². The standard InChI is InChI=1S/C18H20N2O3/c1-3-20(18(22)14-8-5-4-6-9-14)13-17(21)19-15-10-7-11-16(12-15)23-2/h4-12H,3,13H2,1-2H3,(H,19,21). The Labute approximate surface area is 135 Å². The van der Waals surface area contributed by atoms with Crippen molar-refractivity contribution in [3.05, 3.63) is 60.2 Å². The minimum atomic E-state index is -0.246. The molecule has 0 heterocycles. The van der Waals surface area contributed by atoms with Gasteiger partial charge in [0.1, 0.15) is 12.3 Å². The molecule has 0 saturated heterocycles. The molecule has 0 saturated carbocycles. The van der Waals surface area contributed by atoms with Crippen LogP contribution in [0.5, 0.6) is 5.75 Å². The number of anilines is 1. The summed E-state index contributed by atoms with van der Waals surface area (Å²) in [7, 11) is 1.57. The molecule has 5 nitrogen and oxygen atoms in total. The van der Waals surface area contributed by atoms with Gasteiger partial charge in [-0.15, -0.1) is 0 Å². The van der Waals surface area contributed by atoms with Gasteiger partial charge in [-0.1, -0.05) is 24.3 Å². The number of likely N-dealkylation sites (N-methyl/N-ethyl adjacent to an activating group) is 1. The lowest BCUT2D eigenvalue weighted by molar-refractivity contribution is -0.116. The van der Waals surface area contributed by atoms with E-state index in [4.69, 9.17) is 4.74 Å². The van der Waals surface area contributed by atoms with Crippen molar-refractivity contribution in [3.8, 4) is 5.75 Å². The molecule has 5 heteroatoms. The smallest absolute Gasteiger partial charge is 0.254 e. The summed E-state index contributed by atoms with van der Waals surface area (Å²) in [5.41, 5.74) is 1.21. The third-order valence-corrected chi connectivity index (χ3v) is 3.38. The lowest BCUT2D eigenvalue weighted by Gasteiger charge is -2.20. The van der Waals surface area contributed by atoms with Gasteiger partial charge in [-0.3, -0.25) is 9.59 Å². The van der Waals surface area contributed by atoms with Crippen LogP contribution in [0.2, 0.25) is 0 Å². The molecule has 0 aliphatic rings. The van der Waals surface area contributed by atoms with Gasteiger partial charge < -0.3 is 15.0 Å². The van der Waals surface area contributed by atoms with E-state index in [0.29, 0.717) is 23.5 Å². The van der Waals surface area contributed by atoms with Crippen molar-refractivity contribution in [2.24, 2.45) is 0 Å². The molecule has 23 heavy (non-hydrogen) atoms. The molecule has 0 atom stereocenters. The second-order valence-electron chi connectivity index (χ2n) is 4.97. The molecule has 0 spiro atoms. The third-order valence-electron chi connectivity index (χ3n) is 3.38. The van der Waals surface area contributed by atoms with E-state index in [1.165, 1.54) is 4.90 Å². The number of nitrogens with one attached hydrogen (secondary N) is 1. The Morgan fingerprint density at radius 2 is 1.83 bits per heavy atom. The lowest BCUT2D eigenvalue weighted by atomic mass is 10.2. The molecule has 2 amide bonds. The van der Waals surface area contributed by atoms with E-state index >= 15 is 0 Å². The van der Waals surface area contributed by atoms with Crippen molar-refractivity contribution < 1.29 is 14.3 Å². The highest BCUT2D eigenvalue weighted by atomic mass is 16.5. The fourth-order valence-corrected chi connectivity index (χ4v) is 2.17. The quantitative estimate of drug-likeness (QED) is 0.892. The van der Waals surface area contributed by atoms with Crippen molar-refractivity contribution in [1.82, 2.24) is 4.90 Å². The summed E-state index contributed by atoms with van der Waals surface area (Å²) in [5.74, 6) is 0.258. The summed E-state index contributed by atoms with van der Waals surface area (Å²) in [6.45, 7) is 2.31. The minimum absolute atomic E-state index is 0.00143. The molecule has 0 aliphatic heterocycles. The number of rotatable bonds is 6. The van der Waals surface area contributed by atoms with Crippen molar-refractivity contribution in [2.75, 3.05) is 25.5 Å². The summed E-state index contributed by atoms with van der Waals surface area (Å²) in [4.78, 5) is 26.1. The predicted octanol–water partition coefficient (Wildman–Crippen LogP) is 2.80. The first-order chi connectivity index (χ1) is 11.1. The van der Waals surface area contributed by atoms with Gasteiger partial charge in [-0.2, -0.15) is 0 Å². The van der Waals surface area contributed by atoms with Crippen molar-refractivity contribution in [1.29, 1.82) is 0 Å². The number of methoxy groups -OCH3 is 1. The maximum Gasteiger partial charge on any atom is 0.254 e. The normalized spacial score (nSPS) is 10.0. The summed E-state index contributed by atoms with van der Waals surface area (Å²) >= 11 is 0. The van der Waals surface area contributed by atoms with Gasteiger partial charge in [0.25, 0.3) is 5.91 Å². The van der Waals surface area contributed by atoms with Gasteiger partial charge in [-0.25, -0.2) is 0 Å². The van der Waals surface area contributed by atoms with Crippen molar-refractivity contribution in [3.63, 3.8) is 0 Å². The molecule has 0 fully saturated rings. The molecule has 120 valence electrons. The average molecular weight is 312 g/mol. The second-order valence-corrected chi connectivity index (χ2v) is 4.97. The van der Waals surface area contributed by atoms with E-state index in [2.05, 4.69) is 5.32 Å². The van der Waals surface area contributed by atoms with Crippen LogP contribution in [0.3, 0.4) is 0 Å². The molecule has 0 unspecified atom stereocenters. The van der Waals surface area contributed by atoms with Crippen LogP contribution in [0.4, 0.5) is 5.69 Å². The number of nitrogens with zero attached hydrogens (tertiary/aromatic N) is 1. The average Bonchev–Trinajstić information content (AvgIpc) is 2.60. The van der Waals surface area contributed by atoms with Crippen LogP contribution in [-0.2, 0) is 4.79 Å². The van der Waals surface area contributed by atoms with E-state index in [-0.39, 0.29) is 18.4 Å². The number of amides is 2. The first-order valence-corrected chi connectivity index (χ1v) is 7.42. The van der Waals surface area contributed by atoms with Crippen LogP contribution in [0.15, 0.2) is 54.6 Å². The van der Waals surface area contributed by atoms with Crippen LogP contribution in [-0.4, -0.2) is 36.9 Å². The van der Waals surface area contributed by atoms with Crippen LogP contribution in [0.25, 0.3) is 0 Å². The van der Waals surface area contributed by atoms with Crippen LogP contribution < -0.4 is 10.1 Å². The van der Waals surface area contributed by atoms with E-state index in [1.54, 1.807) is 55.6 Å². The molecule has 0 aliphatic carbocycles. The van der Waals surface area contributed by atoms with Gasteiger partial charge in [0.15, 0.2) is 0 Å². The van der Waals surface area contributed by atoms with E-state index < -0.39 is 0 Å². The maximum absolute atomic E-state index is 12.4. The first kappa shape index (κ1) is 16.5. The van der Waals surface area contributed by atoms with Crippen molar-refractivity contribution in [2.45, 2.75) is 6.92 Å². The summed E-state index contributed by atoms with van der Waals surface area (Å²) in [6, 6.07) is 16.0. The minimum Gasteiger partial charge on any atom is -0.497 e. The summed E-state index contributed by atoms with van der Waals surface area (Å²) < 4.78 is 5.12. The fraction of sp³-hybridized carbons (Fsp3) is 0.222. The highest BCUT2D eigenvalue weighted by Crippen LogP contribution is 2.16. The lowest BCUT2D eigenvalue weighted by Crippen LogP contribution is -2.37. The zero-order valence-electron chi connectivity index (χ0n) is 13.3. The largest absolute Gasteiger partial charge is 0.497 e. The zero-order chi connectivity index (χ0) is 16.7. The Morgan fingerprint density at radius 1 is 1.09 bits per heavy atom. The third kappa shape index (κ3) is 4.57. The molecule has 2 aromatic rings. The van der Waals surface area contributed by atoms with E-state index in [9.17, 15) is 9.59 Å². The Kier molecular flexibility index (Phi) is 5.74. The van der Waals surface area contributed by atoms with Crippen molar-refractivity contribution >= 4 is 17.5 Å². The molecule has 1 N–H and O–H groups in total. The molecule has 0 radical (unpaired) electrons. The fourth-order valence-electron chi connectivity index (χ4n) is 2.17. The topological polar surface area (TPSA) is 58.6 Å². The maximum atomic E-state index is 12.4. The second kappa shape index (κ2) is 7.98. The number of carbonyl (C=O) groups excluding carboxylic acids is 2. The molecular weight excluding hydrogens is 292 g/mol. The highest BCUT2D eigenvalue weighted by molar-refractivity contribution is 5.99. The zero-order valence-corrected chi connectivity index (χ0v) is 13.3. The number of hydrogen-bond donors (Lipinski definition) is 1. The van der Waals surface area contributed by atoms with Crippen LogP contribution in [0, 0.1) is 0 Å². The molecule has 0 bridgehead atoms. The summed E-state index contributed by atoms with van der Waals surface area (Å²) in [6.07, 6.45) is 0. The first-order valence-electron chi connectivity index (χ1n) is 7.42. The Bertz CT molecular complexity index is 671. The van der Waals surface area contributed by atoms with Gasteiger partial charge in [-0.05, 0) is 31.2 Å². The highest BCUT2D eigenvalue weighted by Gasteiger charge is 2.17. The number of benzene rings is 2. The predicted molar refractivity (Wildman–Crippen MR) is 89.6 cm³/mol. The SMILES string of the molecule is CCN(CC(=O)Nc1cccc(OC)c1)C(=O)c1ccccc1. The van der Waals surface area contributed by atoms with Gasteiger partial charge in [0, 0.05) is 23.9 Å². The number of carbonyl (C=O) groups is 2. The Morgan fingerprint density at radius 3 is 2.48 bits per heavy atom. The van der Waals surface area contributed by atoms with Gasteiger partial charge in [0.05, 0.1) is 7.11 Å². The molecule has 0 aromatic heterocycles. The van der Waals surface area contributed by atoms with Gasteiger partial charge >= 0.3 is 0 Å². The molecular formula is C18H20N2O3.